The molecular formula is C16H34N6O. The van der Waals surface area contributed by atoms with Crippen molar-refractivity contribution >= 4 is 6.03 Å². The summed E-state index contributed by atoms with van der Waals surface area (Å²) in [7, 11) is 0. The Balaban J connectivity index is 1.71. The van der Waals surface area contributed by atoms with E-state index in [-0.39, 0.29) is 18.5 Å². The highest BCUT2D eigenvalue weighted by atomic mass is 16.2. The van der Waals surface area contributed by atoms with E-state index in [0.29, 0.717) is 18.6 Å². The van der Waals surface area contributed by atoms with Crippen LogP contribution in [0.25, 0.3) is 0 Å². The lowest BCUT2D eigenvalue weighted by Gasteiger charge is -2.37. The molecule has 0 aromatic heterocycles. The summed E-state index contributed by atoms with van der Waals surface area (Å²) < 4.78 is 0. The first-order valence-electron chi connectivity index (χ1n) is 9.09. The van der Waals surface area contributed by atoms with Gasteiger partial charge in [-0.15, -0.1) is 0 Å². The number of rotatable bonds is 6. The van der Waals surface area contributed by atoms with Crippen LogP contribution in [0.4, 0.5) is 4.79 Å². The molecule has 1 aliphatic carbocycles. The second kappa shape index (κ2) is 9.42. The third-order valence-electron chi connectivity index (χ3n) is 4.81. The molecule has 1 aliphatic heterocycles. The summed E-state index contributed by atoms with van der Waals surface area (Å²) in [4.78, 5) is 12.2. The maximum absolute atomic E-state index is 12.2. The maximum Gasteiger partial charge on any atom is 0.317 e. The third-order valence-corrected chi connectivity index (χ3v) is 4.81. The highest BCUT2D eigenvalue weighted by Gasteiger charge is 2.26. The molecule has 7 N–H and O–H groups in total. The molecule has 2 fully saturated rings. The van der Waals surface area contributed by atoms with Gasteiger partial charge in [0.05, 0.1) is 6.17 Å². The molecule has 2 rings (SSSR count). The van der Waals surface area contributed by atoms with Crippen LogP contribution in [0, 0.1) is 5.92 Å². The van der Waals surface area contributed by atoms with Crippen LogP contribution in [0.2, 0.25) is 0 Å². The third kappa shape index (κ3) is 6.63. The lowest BCUT2D eigenvalue weighted by molar-refractivity contribution is 0.183. The minimum absolute atomic E-state index is 0.0932. The van der Waals surface area contributed by atoms with Crippen molar-refractivity contribution in [1.82, 2.24) is 26.6 Å². The minimum atomic E-state index is -0.211. The van der Waals surface area contributed by atoms with E-state index in [1.165, 1.54) is 12.8 Å². The van der Waals surface area contributed by atoms with E-state index in [4.69, 9.17) is 5.73 Å². The maximum atomic E-state index is 12.2. The SMILES string of the molecule is CC1CCC(NC(=O)NC2NC(C)CC(NCCCN)N2)CC1. The second-order valence-corrected chi connectivity index (χ2v) is 7.13. The van der Waals surface area contributed by atoms with E-state index in [1.54, 1.807) is 0 Å². The molecule has 1 heterocycles. The van der Waals surface area contributed by atoms with Crippen molar-refractivity contribution in [3.8, 4) is 0 Å². The zero-order chi connectivity index (χ0) is 16.7. The molecule has 7 heteroatoms. The van der Waals surface area contributed by atoms with E-state index in [9.17, 15) is 4.79 Å². The Kier molecular flexibility index (Phi) is 7.55. The van der Waals surface area contributed by atoms with E-state index in [1.807, 2.05) is 0 Å². The van der Waals surface area contributed by atoms with Crippen LogP contribution in [0.1, 0.15) is 52.4 Å². The first-order chi connectivity index (χ1) is 11.1. The fraction of sp³-hybridized carbons (Fsp3) is 0.938. The first kappa shape index (κ1) is 18.4. The van der Waals surface area contributed by atoms with Crippen LogP contribution >= 0.6 is 0 Å². The number of amides is 2. The van der Waals surface area contributed by atoms with Crippen LogP contribution in [0.15, 0.2) is 0 Å². The van der Waals surface area contributed by atoms with Gasteiger partial charge in [0.1, 0.15) is 6.29 Å². The van der Waals surface area contributed by atoms with Crippen LogP contribution in [0.3, 0.4) is 0 Å². The van der Waals surface area contributed by atoms with Gasteiger partial charge in [-0.25, -0.2) is 4.79 Å². The van der Waals surface area contributed by atoms with Crippen LogP contribution < -0.4 is 32.3 Å². The number of hydrogen-bond donors (Lipinski definition) is 6. The summed E-state index contributed by atoms with van der Waals surface area (Å²) in [6.07, 6.45) is 6.49. The molecule has 134 valence electrons. The van der Waals surface area contributed by atoms with Crippen molar-refractivity contribution in [2.24, 2.45) is 11.7 Å². The van der Waals surface area contributed by atoms with Crippen molar-refractivity contribution in [2.45, 2.75) is 76.9 Å². The molecule has 0 aromatic rings. The number of nitrogens with two attached hydrogens (primary N) is 1. The Labute approximate surface area is 139 Å². The Morgan fingerprint density at radius 3 is 2.57 bits per heavy atom. The van der Waals surface area contributed by atoms with Crippen molar-refractivity contribution in [1.29, 1.82) is 0 Å². The van der Waals surface area contributed by atoms with Crippen LogP contribution in [-0.2, 0) is 0 Å². The van der Waals surface area contributed by atoms with Gasteiger partial charge >= 0.3 is 6.03 Å². The minimum Gasteiger partial charge on any atom is -0.335 e. The number of nitrogens with one attached hydrogen (secondary N) is 5. The van der Waals surface area contributed by atoms with Gasteiger partial charge < -0.3 is 21.7 Å². The summed E-state index contributed by atoms with van der Waals surface area (Å²) in [5.74, 6) is 0.791. The predicted molar refractivity (Wildman–Crippen MR) is 92.7 cm³/mol. The molecule has 3 atom stereocenters. The molecule has 2 amide bonds. The molecule has 23 heavy (non-hydrogen) atoms. The topological polar surface area (TPSA) is 103 Å². The summed E-state index contributed by atoms with van der Waals surface area (Å²) >= 11 is 0. The van der Waals surface area contributed by atoms with E-state index < -0.39 is 0 Å². The lowest BCUT2D eigenvalue weighted by atomic mass is 9.87. The Morgan fingerprint density at radius 1 is 1.13 bits per heavy atom. The van der Waals surface area contributed by atoms with Gasteiger partial charge in [-0.05, 0) is 64.5 Å². The average Bonchev–Trinajstić information content (AvgIpc) is 2.49. The predicted octanol–water partition coefficient (Wildman–Crippen LogP) is 0.384. The van der Waals surface area contributed by atoms with Crippen molar-refractivity contribution in [2.75, 3.05) is 13.1 Å². The second-order valence-electron chi connectivity index (χ2n) is 7.13. The van der Waals surface area contributed by atoms with E-state index in [2.05, 4.69) is 40.4 Å². The largest absolute Gasteiger partial charge is 0.335 e. The van der Waals surface area contributed by atoms with Crippen molar-refractivity contribution in [3.05, 3.63) is 0 Å². The number of urea groups is 1. The molecule has 0 spiro atoms. The zero-order valence-corrected chi connectivity index (χ0v) is 14.5. The van der Waals surface area contributed by atoms with E-state index >= 15 is 0 Å². The molecule has 2 aliphatic rings. The standard InChI is InChI=1S/C16H34N6O/c1-11-4-6-13(7-5-11)20-16(23)22-15-19-12(2)10-14(21-15)18-9-3-8-17/h11-15,18-19,21H,3-10,17H2,1-2H3,(H2,20,22,23). The Hall–Kier alpha value is -0.890. The molecule has 3 unspecified atom stereocenters. The summed E-state index contributed by atoms with van der Waals surface area (Å²) in [6, 6.07) is 0.558. The number of carbonyl (C=O) groups excluding carboxylic acids is 1. The van der Waals surface area contributed by atoms with Crippen LogP contribution in [-0.4, -0.2) is 43.7 Å². The number of carbonyl (C=O) groups is 1. The van der Waals surface area contributed by atoms with Gasteiger partial charge in [-0.1, -0.05) is 6.92 Å². The molecule has 0 radical (unpaired) electrons. The highest BCUT2D eigenvalue weighted by Crippen LogP contribution is 2.23. The lowest BCUT2D eigenvalue weighted by Crippen LogP contribution is -2.68. The Morgan fingerprint density at radius 2 is 1.87 bits per heavy atom. The molecule has 1 saturated carbocycles. The molecule has 7 nitrogen and oxygen atoms in total. The zero-order valence-electron chi connectivity index (χ0n) is 14.5. The first-order valence-corrected chi connectivity index (χ1v) is 9.09. The highest BCUT2D eigenvalue weighted by molar-refractivity contribution is 5.74. The van der Waals surface area contributed by atoms with Gasteiger partial charge in [-0.2, -0.15) is 0 Å². The van der Waals surface area contributed by atoms with Gasteiger partial charge in [0.2, 0.25) is 0 Å². The normalized spacial score (nSPS) is 34.8. The fourth-order valence-electron chi connectivity index (χ4n) is 3.39. The summed E-state index contributed by atoms with van der Waals surface area (Å²) in [6.45, 7) is 6.00. The molecular weight excluding hydrogens is 292 g/mol. The van der Waals surface area contributed by atoms with E-state index in [0.717, 1.165) is 38.1 Å². The smallest absolute Gasteiger partial charge is 0.317 e. The molecule has 0 bridgehead atoms. The van der Waals surface area contributed by atoms with Gasteiger partial charge in [-0.3, -0.25) is 10.6 Å². The van der Waals surface area contributed by atoms with Gasteiger partial charge in [0.25, 0.3) is 0 Å². The van der Waals surface area contributed by atoms with Gasteiger partial charge in [0.15, 0.2) is 0 Å². The average molecular weight is 326 g/mol. The Bertz CT molecular complexity index is 358. The van der Waals surface area contributed by atoms with Gasteiger partial charge in [0, 0.05) is 12.1 Å². The monoisotopic (exact) mass is 326 g/mol. The quantitative estimate of drug-likeness (QED) is 0.396. The fourth-order valence-corrected chi connectivity index (χ4v) is 3.39. The molecule has 0 aromatic carbocycles. The number of hydrogen-bond acceptors (Lipinski definition) is 5. The summed E-state index contributed by atoms with van der Waals surface area (Å²) in [5, 5.41) is 16.3. The van der Waals surface area contributed by atoms with Crippen molar-refractivity contribution in [3.63, 3.8) is 0 Å². The summed E-state index contributed by atoms with van der Waals surface area (Å²) in [5.41, 5.74) is 5.52. The van der Waals surface area contributed by atoms with Crippen LogP contribution in [0.5, 0.6) is 0 Å². The molecule has 1 saturated heterocycles. The van der Waals surface area contributed by atoms with Crippen molar-refractivity contribution < 1.29 is 4.79 Å².